The average molecular weight is 278 g/mol. The van der Waals surface area contributed by atoms with Crippen molar-refractivity contribution in [3.8, 4) is 0 Å². The van der Waals surface area contributed by atoms with Crippen molar-refractivity contribution in [3.63, 3.8) is 0 Å². The van der Waals surface area contributed by atoms with Crippen molar-refractivity contribution < 1.29 is 19.5 Å². The molecule has 5 nitrogen and oxygen atoms in total. The summed E-state index contributed by atoms with van der Waals surface area (Å²) in [6.45, 7) is -0.0790. The number of benzene rings is 1. The Balaban J connectivity index is 3.09. The van der Waals surface area contributed by atoms with Crippen molar-refractivity contribution in [3.05, 3.63) is 33.3 Å². The number of rotatable bonds is 4. The number of carbonyl (C=O) groups is 2. The standard InChI is InChI=1S/C10H9Cl2NO4/c1-17-10(15)9-7(11)2-6(3-8(9)12)4-13(16)5-14/h2-3,5,16H,4H2,1H3. The molecule has 7 heteroatoms. The molecule has 1 amide bonds. The molecule has 0 unspecified atom stereocenters. The predicted octanol–water partition coefficient (Wildman–Crippen LogP) is 2.13. The van der Waals surface area contributed by atoms with Gasteiger partial charge in [0.15, 0.2) is 0 Å². The van der Waals surface area contributed by atoms with Crippen LogP contribution in [0.15, 0.2) is 12.1 Å². The van der Waals surface area contributed by atoms with Gasteiger partial charge in [-0.2, -0.15) is 0 Å². The first kappa shape index (κ1) is 13.8. The molecule has 0 saturated carbocycles. The Morgan fingerprint density at radius 2 is 2.00 bits per heavy atom. The van der Waals surface area contributed by atoms with Crippen LogP contribution in [0.5, 0.6) is 0 Å². The van der Waals surface area contributed by atoms with Crippen LogP contribution in [-0.2, 0) is 16.1 Å². The van der Waals surface area contributed by atoms with Gasteiger partial charge in [-0.3, -0.25) is 10.0 Å². The van der Waals surface area contributed by atoms with Gasteiger partial charge in [0, 0.05) is 0 Å². The van der Waals surface area contributed by atoms with Gasteiger partial charge in [-0.05, 0) is 17.7 Å². The maximum atomic E-state index is 11.3. The van der Waals surface area contributed by atoms with E-state index in [2.05, 4.69) is 4.74 Å². The Morgan fingerprint density at radius 3 is 2.41 bits per heavy atom. The summed E-state index contributed by atoms with van der Waals surface area (Å²) < 4.78 is 4.52. The van der Waals surface area contributed by atoms with Crippen LogP contribution in [-0.4, -0.2) is 29.8 Å². The maximum absolute atomic E-state index is 11.3. The summed E-state index contributed by atoms with van der Waals surface area (Å²) >= 11 is 11.7. The third kappa shape index (κ3) is 3.33. The number of hydroxylamine groups is 2. The number of amides is 1. The second kappa shape index (κ2) is 5.86. The Morgan fingerprint density at radius 1 is 1.47 bits per heavy atom. The lowest BCUT2D eigenvalue weighted by molar-refractivity contribution is -0.152. The SMILES string of the molecule is COC(=O)c1c(Cl)cc(CN(O)C=O)cc1Cl. The highest BCUT2D eigenvalue weighted by Crippen LogP contribution is 2.27. The number of esters is 1. The molecule has 92 valence electrons. The van der Waals surface area contributed by atoms with Crippen LogP contribution in [0.1, 0.15) is 15.9 Å². The van der Waals surface area contributed by atoms with E-state index in [-0.39, 0.29) is 28.6 Å². The highest BCUT2D eigenvalue weighted by atomic mass is 35.5. The van der Waals surface area contributed by atoms with Gasteiger partial charge in [-0.15, -0.1) is 0 Å². The molecule has 0 aliphatic carbocycles. The van der Waals surface area contributed by atoms with Crippen LogP contribution in [0, 0.1) is 0 Å². The minimum Gasteiger partial charge on any atom is -0.465 e. The lowest BCUT2D eigenvalue weighted by atomic mass is 10.1. The topological polar surface area (TPSA) is 66.8 Å². The fourth-order valence-electron chi connectivity index (χ4n) is 1.24. The molecule has 0 aliphatic rings. The molecule has 17 heavy (non-hydrogen) atoms. The van der Waals surface area contributed by atoms with Gasteiger partial charge in [0.05, 0.1) is 29.3 Å². The molecule has 0 saturated heterocycles. The lowest BCUT2D eigenvalue weighted by Crippen LogP contribution is -2.16. The zero-order valence-corrected chi connectivity index (χ0v) is 10.3. The van der Waals surface area contributed by atoms with E-state index in [0.717, 1.165) is 0 Å². The molecular weight excluding hydrogens is 269 g/mol. The van der Waals surface area contributed by atoms with E-state index in [4.69, 9.17) is 28.4 Å². The molecule has 0 heterocycles. The third-order valence-electron chi connectivity index (χ3n) is 1.96. The van der Waals surface area contributed by atoms with Crippen LogP contribution < -0.4 is 0 Å². The summed E-state index contributed by atoms with van der Waals surface area (Å²) in [5, 5.41) is 9.63. The second-order valence-electron chi connectivity index (χ2n) is 3.13. The minimum absolute atomic E-state index is 0.0511. The van der Waals surface area contributed by atoms with Crippen molar-refractivity contribution in [1.82, 2.24) is 5.06 Å². The van der Waals surface area contributed by atoms with Gasteiger partial charge in [0.2, 0.25) is 6.41 Å². The molecule has 0 fully saturated rings. The van der Waals surface area contributed by atoms with Gasteiger partial charge in [0.25, 0.3) is 0 Å². The van der Waals surface area contributed by atoms with Crippen LogP contribution in [0.2, 0.25) is 10.0 Å². The van der Waals surface area contributed by atoms with Crippen molar-refractivity contribution in [2.75, 3.05) is 7.11 Å². The summed E-state index contributed by atoms with van der Waals surface area (Å²) in [4.78, 5) is 21.6. The zero-order valence-electron chi connectivity index (χ0n) is 8.81. The van der Waals surface area contributed by atoms with Crippen molar-refractivity contribution in [2.24, 2.45) is 0 Å². The average Bonchev–Trinajstić information content (AvgIpc) is 2.27. The molecule has 0 atom stereocenters. The zero-order chi connectivity index (χ0) is 13.0. The smallest absolute Gasteiger partial charge is 0.340 e. The molecule has 0 aromatic heterocycles. The summed E-state index contributed by atoms with van der Waals surface area (Å²) in [6, 6.07) is 2.85. The van der Waals surface area contributed by atoms with Crippen LogP contribution in [0.4, 0.5) is 0 Å². The largest absolute Gasteiger partial charge is 0.465 e. The molecular formula is C10H9Cl2NO4. The van der Waals surface area contributed by atoms with Crippen molar-refractivity contribution in [2.45, 2.75) is 6.54 Å². The number of hydrogen-bond donors (Lipinski definition) is 1. The molecule has 1 aromatic rings. The van der Waals surface area contributed by atoms with Gasteiger partial charge >= 0.3 is 5.97 Å². The van der Waals surface area contributed by atoms with Gasteiger partial charge in [-0.25, -0.2) is 9.86 Å². The van der Waals surface area contributed by atoms with Gasteiger partial charge in [-0.1, -0.05) is 23.2 Å². The Kier molecular flexibility index (Phi) is 4.74. The maximum Gasteiger partial charge on any atom is 0.340 e. The quantitative estimate of drug-likeness (QED) is 0.396. The first-order valence-corrected chi connectivity index (χ1v) is 5.22. The van der Waals surface area contributed by atoms with Gasteiger partial charge < -0.3 is 4.74 Å². The van der Waals surface area contributed by atoms with Gasteiger partial charge in [0.1, 0.15) is 0 Å². The number of carbonyl (C=O) groups excluding carboxylic acids is 2. The molecule has 0 spiro atoms. The monoisotopic (exact) mass is 277 g/mol. The lowest BCUT2D eigenvalue weighted by Gasteiger charge is -2.11. The number of methoxy groups -OCH3 is 1. The van der Waals surface area contributed by atoms with E-state index < -0.39 is 5.97 Å². The minimum atomic E-state index is -0.650. The first-order valence-electron chi connectivity index (χ1n) is 4.46. The normalized spacial score (nSPS) is 9.88. The summed E-state index contributed by atoms with van der Waals surface area (Å²) in [7, 11) is 1.21. The fourth-order valence-corrected chi connectivity index (χ4v) is 1.92. The van der Waals surface area contributed by atoms with Crippen molar-refractivity contribution >= 4 is 35.6 Å². The molecule has 0 bridgehead atoms. The Bertz CT molecular complexity index is 427. The number of hydrogen-bond acceptors (Lipinski definition) is 4. The van der Waals surface area contributed by atoms with E-state index in [0.29, 0.717) is 10.6 Å². The van der Waals surface area contributed by atoms with E-state index in [1.165, 1.54) is 19.2 Å². The van der Waals surface area contributed by atoms with E-state index in [1.54, 1.807) is 0 Å². The van der Waals surface area contributed by atoms with E-state index in [9.17, 15) is 9.59 Å². The number of ether oxygens (including phenoxy) is 1. The molecule has 1 aromatic carbocycles. The third-order valence-corrected chi connectivity index (χ3v) is 2.55. The predicted molar refractivity (Wildman–Crippen MR) is 61.2 cm³/mol. The Hall–Kier alpha value is -1.30. The first-order chi connectivity index (χ1) is 7.99. The molecule has 1 rings (SSSR count). The van der Waals surface area contributed by atoms with Crippen LogP contribution in [0.3, 0.4) is 0 Å². The summed E-state index contributed by atoms with van der Waals surface area (Å²) in [6.07, 6.45) is 0.246. The highest BCUT2D eigenvalue weighted by Gasteiger charge is 2.17. The van der Waals surface area contributed by atoms with Crippen molar-refractivity contribution in [1.29, 1.82) is 0 Å². The molecule has 1 N–H and O–H groups in total. The number of nitrogens with zero attached hydrogens (tertiary/aromatic N) is 1. The van der Waals surface area contributed by atoms with Crippen LogP contribution >= 0.6 is 23.2 Å². The van der Waals surface area contributed by atoms with Crippen LogP contribution in [0.25, 0.3) is 0 Å². The summed E-state index contributed by atoms with van der Waals surface area (Å²) in [5.41, 5.74) is 0.539. The van der Waals surface area contributed by atoms with E-state index in [1.807, 2.05) is 0 Å². The number of halogens is 2. The molecule has 0 radical (unpaired) electrons. The Labute approximate surface area is 107 Å². The fraction of sp³-hybridized carbons (Fsp3) is 0.200. The highest BCUT2D eigenvalue weighted by molar-refractivity contribution is 6.39. The second-order valence-corrected chi connectivity index (χ2v) is 3.94. The van der Waals surface area contributed by atoms with E-state index >= 15 is 0 Å². The summed E-state index contributed by atoms with van der Waals surface area (Å²) in [5.74, 6) is -0.650. The molecule has 0 aliphatic heterocycles.